The number of ether oxygens (including phenoxy) is 1. The zero-order chi connectivity index (χ0) is 16.0. The largest absolute Gasteiger partial charge is 0.484 e. The molecule has 4 N–H and O–H groups in total. The Labute approximate surface area is 128 Å². The standard InChI is InChI=1S/C14H15N3O4S/c15-16-14(18)10-21-12-6-8-13(9-7-12)22(19,20)17-11-4-2-1-3-5-11/h1-9,17H,10,15H2,(H,16,18). The van der Waals surface area contributed by atoms with Crippen molar-refractivity contribution in [3.63, 3.8) is 0 Å². The van der Waals surface area contributed by atoms with E-state index in [1.54, 1.807) is 30.3 Å². The van der Waals surface area contributed by atoms with Crippen LogP contribution in [-0.4, -0.2) is 20.9 Å². The van der Waals surface area contributed by atoms with Gasteiger partial charge in [0.05, 0.1) is 4.90 Å². The molecule has 0 saturated heterocycles. The molecule has 22 heavy (non-hydrogen) atoms. The first kappa shape index (κ1) is 15.8. The summed E-state index contributed by atoms with van der Waals surface area (Å²) in [5.41, 5.74) is 2.40. The van der Waals surface area contributed by atoms with Crippen molar-refractivity contribution >= 4 is 21.6 Å². The van der Waals surface area contributed by atoms with Gasteiger partial charge in [0, 0.05) is 5.69 Å². The molecule has 1 amide bonds. The summed E-state index contributed by atoms with van der Waals surface area (Å²) in [4.78, 5) is 11.0. The van der Waals surface area contributed by atoms with Gasteiger partial charge in [-0.05, 0) is 36.4 Å². The van der Waals surface area contributed by atoms with Gasteiger partial charge in [0.1, 0.15) is 5.75 Å². The molecule has 0 radical (unpaired) electrons. The Morgan fingerprint density at radius 1 is 1.05 bits per heavy atom. The van der Waals surface area contributed by atoms with Crippen LogP contribution in [0.4, 0.5) is 5.69 Å². The first-order valence-electron chi connectivity index (χ1n) is 6.31. The minimum Gasteiger partial charge on any atom is -0.484 e. The fourth-order valence-corrected chi connectivity index (χ4v) is 2.68. The topological polar surface area (TPSA) is 111 Å². The maximum Gasteiger partial charge on any atom is 0.271 e. The lowest BCUT2D eigenvalue weighted by Gasteiger charge is -2.09. The highest BCUT2D eigenvalue weighted by molar-refractivity contribution is 7.92. The van der Waals surface area contributed by atoms with Crippen molar-refractivity contribution in [2.24, 2.45) is 5.84 Å². The van der Waals surface area contributed by atoms with E-state index in [-0.39, 0.29) is 11.5 Å². The molecule has 2 aromatic rings. The van der Waals surface area contributed by atoms with Crippen molar-refractivity contribution in [2.45, 2.75) is 4.90 Å². The Hall–Kier alpha value is -2.58. The van der Waals surface area contributed by atoms with Crippen molar-refractivity contribution in [1.29, 1.82) is 0 Å². The zero-order valence-corrected chi connectivity index (χ0v) is 12.3. The summed E-state index contributed by atoms with van der Waals surface area (Å²) >= 11 is 0. The normalized spacial score (nSPS) is 10.8. The third-order valence-corrected chi connectivity index (χ3v) is 4.09. The molecule has 0 heterocycles. The van der Waals surface area contributed by atoms with Crippen LogP contribution in [0.3, 0.4) is 0 Å². The van der Waals surface area contributed by atoms with E-state index < -0.39 is 15.9 Å². The van der Waals surface area contributed by atoms with Crippen molar-refractivity contribution in [3.05, 3.63) is 54.6 Å². The van der Waals surface area contributed by atoms with E-state index in [0.717, 1.165) is 0 Å². The average molecular weight is 321 g/mol. The van der Waals surface area contributed by atoms with Gasteiger partial charge in [0.15, 0.2) is 6.61 Å². The van der Waals surface area contributed by atoms with E-state index in [1.165, 1.54) is 24.3 Å². The molecule has 0 atom stereocenters. The lowest BCUT2D eigenvalue weighted by molar-refractivity contribution is -0.123. The predicted molar refractivity (Wildman–Crippen MR) is 81.5 cm³/mol. The van der Waals surface area contributed by atoms with Crippen LogP contribution in [0.5, 0.6) is 5.75 Å². The highest BCUT2D eigenvalue weighted by atomic mass is 32.2. The lowest BCUT2D eigenvalue weighted by Crippen LogP contribution is -2.34. The second-order valence-electron chi connectivity index (χ2n) is 4.30. The number of anilines is 1. The number of carbonyl (C=O) groups excluding carboxylic acids is 1. The van der Waals surface area contributed by atoms with Crippen LogP contribution >= 0.6 is 0 Å². The molecular formula is C14H15N3O4S. The Morgan fingerprint density at radius 2 is 1.68 bits per heavy atom. The Kier molecular flexibility index (Phi) is 4.97. The van der Waals surface area contributed by atoms with Crippen LogP contribution in [0.15, 0.2) is 59.5 Å². The molecule has 0 aliphatic heterocycles. The minimum atomic E-state index is -3.67. The summed E-state index contributed by atoms with van der Waals surface area (Å²) in [5, 5.41) is 0. The number of hydrogen-bond donors (Lipinski definition) is 3. The van der Waals surface area contributed by atoms with Crippen LogP contribution in [0.1, 0.15) is 0 Å². The molecule has 7 nitrogen and oxygen atoms in total. The lowest BCUT2D eigenvalue weighted by atomic mass is 10.3. The molecule has 0 spiro atoms. The number of hydrazine groups is 1. The minimum absolute atomic E-state index is 0.0898. The molecule has 8 heteroatoms. The number of para-hydroxylation sites is 1. The number of carbonyl (C=O) groups is 1. The van der Waals surface area contributed by atoms with Gasteiger partial charge in [0.25, 0.3) is 15.9 Å². The molecule has 0 saturated carbocycles. The van der Waals surface area contributed by atoms with Gasteiger partial charge in [-0.25, -0.2) is 14.3 Å². The fraction of sp³-hybridized carbons (Fsp3) is 0.0714. The number of amides is 1. The summed E-state index contributed by atoms with van der Waals surface area (Å²) in [6.07, 6.45) is 0. The molecule has 0 unspecified atom stereocenters. The van der Waals surface area contributed by atoms with Crippen molar-refractivity contribution in [2.75, 3.05) is 11.3 Å². The van der Waals surface area contributed by atoms with Crippen molar-refractivity contribution in [3.8, 4) is 5.75 Å². The summed E-state index contributed by atoms with van der Waals surface area (Å²) in [7, 11) is -3.67. The maximum atomic E-state index is 12.2. The van der Waals surface area contributed by atoms with Crippen molar-refractivity contribution in [1.82, 2.24) is 5.43 Å². The van der Waals surface area contributed by atoms with E-state index in [2.05, 4.69) is 4.72 Å². The molecular weight excluding hydrogens is 306 g/mol. The quantitative estimate of drug-likeness (QED) is 0.415. The zero-order valence-electron chi connectivity index (χ0n) is 11.5. The van der Waals surface area contributed by atoms with Crippen LogP contribution in [0, 0.1) is 0 Å². The second-order valence-corrected chi connectivity index (χ2v) is 5.98. The number of rotatable bonds is 6. The summed E-state index contributed by atoms with van der Waals surface area (Å²) < 4.78 is 32.0. The maximum absolute atomic E-state index is 12.2. The SMILES string of the molecule is NNC(=O)COc1ccc(S(=O)(=O)Nc2ccccc2)cc1. The van der Waals surface area contributed by atoms with E-state index in [4.69, 9.17) is 10.6 Å². The van der Waals surface area contributed by atoms with E-state index in [0.29, 0.717) is 11.4 Å². The van der Waals surface area contributed by atoms with Gasteiger partial charge in [-0.1, -0.05) is 18.2 Å². The van der Waals surface area contributed by atoms with Gasteiger partial charge in [0.2, 0.25) is 0 Å². The van der Waals surface area contributed by atoms with Gasteiger partial charge in [-0.2, -0.15) is 0 Å². The molecule has 2 rings (SSSR count). The first-order chi connectivity index (χ1) is 10.5. The molecule has 0 fully saturated rings. The summed E-state index contributed by atoms with van der Waals surface area (Å²) in [6, 6.07) is 14.3. The molecule has 0 aromatic heterocycles. The predicted octanol–water partition coefficient (Wildman–Crippen LogP) is 0.856. The Bertz CT molecular complexity index is 730. The summed E-state index contributed by atoms with van der Waals surface area (Å²) in [5.74, 6) is 4.80. The smallest absolute Gasteiger partial charge is 0.271 e. The van der Waals surface area contributed by atoms with Gasteiger partial charge in [-0.3, -0.25) is 14.9 Å². The highest BCUT2D eigenvalue weighted by Gasteiger charge is 2.14. The van der Waals surface area contributed by atoms with E-state index >= 15 is 0 Å². The van der Waals surface area contributed by atoms with Gasteiger partial charge in [-0.15, -0.1) is 0 Å². The Balaban J connectivity index is 2.07. The number of hydrogen-bond acceptors (Lipinski definition) is 5. The third-order valence-electron chi connectivity index (χ3n) is 2.69. The van der Waals surface area contributed by atoms with Crippen LogP contribution < -0.4 is 20.7 Å². The highest BCUT2D eigenvalue weighted by Crippen LogP contribution is 2.19. The number of sulfonamides is 1. The second kappa shape index (κ2) is 6.92. The van der Waals surface area contributed by atoms with Gasteiger partial charge < -0.3 is 4.74 Å². The van der Waals surface area contributed by atoms with E-state index in [9.17, 15) is 13.2 Å². The molecule has 0 bridgehead atoms. The third kappa shape index (κ3) is 4.21. The number of nitrogens with two attached hydrogens (primary N) is 1. The van der Waals surface area contributed by atoms with Gasteiger partial charge >= 0.3 is 0 Å². The molecule has 116 valence electrons. The monoisotopic (exact) mass is 321 g/mol. The molecule has 0 aliphatic carbocycles. The summed E-state index contributed by atoms with van der Waals surface area (Å²) in [6.45, 7) is -0.245. The van der Waals surface area contributed by atoms with Crippen LogP contribution in [0.25, 0.3) is 0 Å². The molecule has 2 aromatic carbocycles. The fourth-order valence-electron chi connectivity index (χ4n) is 1.63. The van der Waals surface area contributed by atoms with Crippen LogP contribution in [0.2, 0.25) is 0 Å². The first-order valence-corrected chi connectivity index (χ1v) is 7.80. The van der Waals surface area contributed by atoms with Crippen molar-refractivity contribution < 1.29 is 17.9 Å². The van der Waals surface area contributed by atoms with Crippen LogP contribution in [-0.2, 0) is 14.8 Å². The molecule has 0 aliphatic rings. The average Bonchev–Trinajstić information content (AvgIpc) is 2.53. The number of nitrogens with one attached hydrogen (secondary N) is 2. The Morgan fingerprint density at radius 3 is 2.27 bits per heavy atom. The number of benzene rings is 2. The van der Waals surface area contributed by atoms with E-state index in [1.807, 2.05) is 5.43 Å².